The molecule has 5 N–H and O–H groups in total. The number of ketones is 1. The number of halogens is 6. The summed E-state index contributed by atoms with van der Waals surface area (Å²) in [6.45, 7) is 4.91. The molecule has 6 atom stereocenters. The number of carbonyl (C=O) groups excluding carboxylic acids is 2. The Morgan fingerprint density at radius 1 is 0.532 bits per heavy atom. The van der Waals surface area contributed by atoms with Gasteiger partial charge in [0, 0.05) is 33.1 Å². The van der Waals surface area contributed by atoms with E-state index in [1.807, 2.05) is 58.3 Å². The van der Waals surface area contributed by atoms with Crippen LogP contribution in [0, 0.1) is 0 Å². The summed E-state index contributed by atoms with van der Waals surface area (Å²) in [6.07, 6.45) is -12.2. The van der Waals surface area contributed by atoms with Crippen molar-refractivity contribution in [2.45, 2.75) is 79.7 Å². The Bertz CT molecular complexity index is 3280. The van der Waals surface area contributed by atoms with Crippen molar-refractivity contribution in [1.82, 2.24) is 19.7 Å². The van der Waals surface area contributed by atoms with Crippen LogP contribution in [0.5, 0.6) is 34.5 Å². The number of benzene rings is 6. The molecule has 0 saturated carbocycles. The standard InChI is InChI=1S/C26H24F3N3O6S.C24H22F3N3O5S.C3H6O/c1-16(33)31-14-19(30-39(35,36)18-12-10-17(11-13-18)38-26(27,28)29)25(34)22(15-31)32-20-6-2-4-8-23(20)37-24-9-5-3-7-21(24)32;25-24(26,27)35-15-9-11-16(12-10-15)36(32,33)29-17-13-28-14-20(23(17)31)30-18-5-1-3-7-21(18)34-22-8-4-2-6-19(22)30;1-3(2)4/h2-13,19,22,25,30,34H,14-15H2,1H3;1-12,17,20,23,28-29,31H,13-14H2;1-2H3/t19-,22+,25+;17-,20+,23+;/m11./s1. The molecule has 10 rings (SSSR count). The van der Waals surface area contributed by atoms with Gasteiger partial charge in [0.15, 0.2) is 23.0 Å². The highest BCUT2D eigenvalue weighted by molar-refractivity contribution is 7.89. The number of ether oxygens (including phenoxy) is 4. The normalized spacial score (nSPS) is 20.6. The number of hydrogen-bond donors (Lipinski definition) is 5. The first-order chi connectivity index (χ1) is 37.3. The number of nitrogens with zero attached hydrogens (tertiary/aromatic N) is 3. The number of likely N-dealkylation sites (tertiary alicyclic amines) is 1. The molecule has 4 aliphatic heterocycles. The lowest BCUT2D eigenvalue weighted by Crippen LogP contribution is -2.65. The number of para-hydroxylation sites is 8. The van der Waals surface area contributed by atoms with Crippen LogP contribution in [0.25, 0.3) is 0 Å². The zero-order valence-electron chi connectivity index (χ0n) is 42.1. The first-order valence-electron chi connectivity index (χ1n) is 24.1. The number of hydrogen-bond acceptors (Lipinski definition) is 15. The smallest absolute Gasteiger partial charge is 0.453 e. The molecular formula is C53H52F6N6O12S2. The molecule has 0 unspecified atom stereocenters. The molecule has 6 aromatic carbocycles. The monoisotopic (exact) mass is 1140 g/mol. The van der Waals surface area contributed by atoms with Crippen molar-refractivity contribution in [3.63, 3.8) is 0 Å². The minimum Gasteiger partial charge on any atom is -0.453 e. The molecule has 4 aliphatic rings. The summed E-state index contributed by atoms with van der Waals surface area (Å²) in [5.74, 6) is 1.000. The van der Waals surface area contributed by atoms with Gasteiger partial charge in [-0.2, -0.15) is 0 Å². The van der Waals surface area contributed by atoms with E-state index >= 15 is 0 Å². The highest BCUT2D eigenvalue weighted by Crippen LogP contribution is 2.50. The molecule has 6 aromatic rings. The van der Waals surface area contributed by atoms with Gasteiger partial charge in [0.05, 0.1) is 68.9 Å². The molecule has 0 spiro atoms. The van der Waals surface area contributed by atoms with Gasteiger partial charge in [0.25, 0.3) is 0 Å². The van der Waals surface area contributed by atoms with Gasteiger partial charge in [-0.15, -0.1) is 26.3 Å². The molecule has 0 aromatic heterocycles. The summed E-state index contributed by atoms with van der Waals surface area (Å²) < 4.78 is 151. The molecular weight excluding hydrogens is 1090 g/mol. The number of carbonyl (C=O) groups is 2. The van der Waals surface area contributed by atoms with Gasteiger partial charge in [-0.3, -0.25) is 4.79 Å². The van der Waals surface area contributed by atoms with E-state index in [1.54, 1.807) is 48.5 Å². The largest absolute Gasteiger partial charge is 0.573 e. The van der Waals surface area contributed by atoms with Crippen LogP contribution in [0.2, 0.25) is 0 Å². The summed E-state index contributed by atoms with van der Waals surface area (Å²) in [7, 11) is -8.46. The third kappa shape index (κ3) is 13.9. The third-order valence-corrected chi connectivity index (χ3v) is 15.6. The van der Waals surface area contributed by atoms with Gasteiger partial charge in [-0.1, -0.05) is 48.5 Å². The molecule has 1 amide bonds. The molecule has 79 heavy (non-hydrogen) atoms. The quantitative estimate of drug-likeness (QED) is 0.0823. The van der Waals surface area contributed by atoms with Gasteiger partial charge in [0.2, 0.25) is 26.0 Å². The minimum atomic E-state index is -4.92. The Labute approximate surface area is 450 Å². The van der Waals surface area contributed by atoms with Crippen LogP contribution in [0.3, 0.4) is 0 Å². The van der Waals surface area contributed by atoms with Crippen molar-refractivity contribution < 1.29 is 81.9 Å². The fourth-order valence-electron chi connectivity index (χ4n) is 9.23. The summed E-state index contributed by atoms with van der Waals surface area (Å²) in [5, 5.41) is 26.0. The number of aliphatic hydroxyl groups excluding tert-OH is 2. The van der Waals surface area contributed by atoms with Crippen LogP contribution in [-0.2, 0) is 29.6 Å². The van der Waals surface area contributed by atoms with E-state index in [0.717, 1.165) is 59.9 Å². The number of Topliss-reactive ketones (excluding diaryl/α,β-unsaturated/α-hetero) is 1. The van der Waals surface area contributed by atoms with E-state index in [9.17, 15) is 63.0 Å². The average molecular weight is 1140 g/mol. The van der Waals surface area contributed by atoms with Crippen molar-refractivity contribution in [3.8, 4) is 34.5 Å². The maximum absolute atomic E-state index is 13.2. The predicted octanol–water partition coefficient (Wildman–Crippen LogP) is 7.87. The highest BCUT2D eigenvalue weighted by Gasteiger charge is 2.45. The summed E-state index contributed by atoms with van der Waals surface area (Å²) in [5.41, 5.74) is 2.72. The number of alkyl halides is 6. The number of aliphatic hydroxyl groups is 2. The number of nitrogens with one attached hydrogen (secondary N) is 3. The van der Waals surface area contributed by atoms with Crippen LogP contribution in [0.4, 0.5) is 49.1 Å². The SMILES string of the molecule is CC(=O)N1C[C@@H](NS(=O)(=O)c2ccc(OC(F)(F)F)cc2)[C@H](O)[C@@H](N2c3ccccc3Oc3ccccc32)C1.CC(C)=O.O=S(=O)(N[C@@H]1CNC[C@H](N2c3ccccc3Oc3ccccc32)[C@H]1O)c1ccc(OC(F)(F)F)cc1. The fraction of sp³-hybridized carbons (Fsp3) is 0.283. The zero-order valence-corrected chi connectivity index (χ0v) is 43.7. The van der Waals surface area contributed by atoms with Crippen LogP contribution in [0.15, 0.2) is 155 Å². The van der Waals surface area contributed by atoms with Gasteiger partial charge in [-0.25, -0.2) is 26.3 Å². The Kier molecular flexibility index (Phi) is 17.1. The van der Waals surface area contributed by atoms with Gasteiger partial charge in [0.1, 0.15) is 17.3 Å². The van der Waals surface area contributed by atoms with E-state index in [4.69, 9.17) is 9.47 Å². The second kappa shape index (κ2) is 23.5. The lowest BCUT2D eigenvalue weighted by Gasteiger charge is -2.47. The zero-order chi connectivity index (χ0) is 57.0. The second-order valence-electron chi connectivity index (χ2n) is 18.4. The predicted molar refractivity (Wildman–Crippen MR) is 276 cm³/mol. The summed E-state index contributed by atoms with van der Waals surface area (Å²) >= 11 is 0. The van der Waals surface area contributed by atoms with Crippen molar-refractivity contribution >= 4 is 54.5 Å². The molecule has 0 aliphatic carbocycles. The van der Waals surface area contributed by atoms with E-state index in [1.165, 1.54) is 25.7 Å². The molecule has 18 nitrogen and oxygen atoms in total. The number of anilines is 4. The number of piperidine rings is 2. The third-order valence-electron chi connectivity index (χ3n) is 12.6. The van der Waals surface area contributed by atoms with E-state index < -0.39 is 80.6 Å². The Balaban J connectivity index is 0.000000195. The lowest BCUT2D eigenvalue weighted by atomic mass is 9.94. The molecule has 0 bridgehead atoms. The van der Waals surface area contributed by atoms with E-state index in [2.05, 4.69) is 24.2 Å². The van der Waals surface area contributed by atoms with Crippen molar-refractivity contribution in [2.24, 2.45) is 0 Å². The molecule has 0 radical (unpaired) electrons. The van der Waals surface area contributed by atoms with E-state index in [0.29, 0.717) is 40.9 Å². The van der Waals surface area contributed by atoms with Crippen molar-refractivity contribution in [1.29, 1.82) is 0 Å². The molecule has 420 valence electrons. The first kappa shape index (κ1) is 57.7. The molecule has 26 heteroatoms. The van der Waals surface area contributed by atoms with E-state index in [-0.39, 0.29) is 41.1 Å². The van der Waals surface area contributed by atoms with Crippen molar-refractivity contribution in [3.05, 3.63) is 146 Å². The maximum atomic E-state index is 13.2. The van der Waals surface area contributed by atoms with Crippen LogP contribution >= 0.6 is 0 Å². The molecule has 2 fully saturated rings. The Morgan fingerprint density at radius 2 is 0.873 bits per heavy atom. The number of sulfonamides is 2. The topological polar surface area (TPSA) is 226 Å². The number of fused-ring (bicyclic) bond motifs is 4. The number of amides is 1. The highest BCUT2D eigenvalue weighted by atomic mass is 32.2. The van der Waals surface area contributed by atoms with Gasteiger partial charge in [-0.05, 0) is 111 Å². The molecule has 4 heterocycles. The number of rotatable bonds is 10. The fourth-order valence-corrected chi connectivity index (χ4v) is 11.7. The van der Waals surface area contributed by atoms with Crippen molar-refractivity contribution in [2.75, 3.05) is 36.0 Å². The van der Waals surface area contributed by atoms with Crippen LogP contribution < -0.4 is 43.5 Å². The Morgan fingerprint density at radius 3 is 1.24 bits per heavy atom. The lowest BCUT2D eigenvalue weighted by molar-refractivity contribution is -0.275. The first-order valence-corrected chi connectivity index (χ1v) is 27.1. The summed E-state index contributed by atoms with van der Waals surface area (Å²) in [4.78, 5) is 26.5. The summed E-state index contributed by atoms with van der Waals surface area (Å²) in [6, 6.07) is 33.2. The van der Waals surface area contributed by atoms with Gasteiger partial charge < -0.3 is 54.0 Å². The second-order valence-corrected chi connectivity index (χ2v) is 21.8. The molecule has 2 saturated heterocycles. The minimum absolute atomic E-state index is 0.0981. The van der Waals surface area contributed by atoms with Gasteiger partial charge >= 0.3 is 12.7 Å². The van der Waals surface area contributed by atoms with Crippen LogP contribution in [-0.4, -0.2) is 119 Å². The average Bonchev–Trinajstić information content (AvgIpc) is 3.46. The van der Waals surface area contributed by atoms with Crippen LogP contribution in [0.1, 0.15) is 20.8 Å². The Hall–Kier alpha value is -7.46. The maximum Gasteiger partial charge on any atom is 0.573 e.